The van der Waals surface area contributed by atoms with E-state index in [4.69, 9.17) is 4.74 Å². The van der Waals surface area contributed by atoms with E-state index < -0.39 is 5.60 Å². The zero-order valence-electron chi connectivity index (χ0n) is 19.8. The molecule has 0 aromatic heterocycles. The van der Waals surface area contributed by atoms with Gasteiger partial charge in [-0.25, -0.2) is 0 Å². The summed E-state index contributed by atoms with van der Waals surface area (Å²) in [6, 6.07) is 6.93. The quantitative estimate of drug-likeness (QED) is 0.766. The maximum absolute atomic E-state index is 13.1. The number of hydrogen-bond acceptors (Lipinski definition) is 4. The first kappa shape index (κ1) is 21.0. The number of amides is 1. The molecule has 6 rings (SSSR count). The molecule has 2 heterocycles. The van der Waals surface area contributed by atoms with Gasteiger partial charge in [-0.05, 0) is 86.1 Å². The third kappa shape index (κ3) is 2.93. The van der Waals surface area contributed by atoms with Gasteiger partial charge < -0.3 is 14.7 Å². The summed E-state index contributed by atoms with van der Waals surface area (Å²) < 4.78 is 5.63. The van der Waals surface area contributed by atoms with Gasteiger partial charge in [-0.2, -0.15) is 0 Å². The summed E-state index contributed by atoms with van der Waals surface area (Å²) >= 11 is 0. The van der Waals surface area contributed by atoms with Gasteiger partial charge in [0.05, 0.1) is 12.7 Å². The maximum atomic E-state index is 13.1. The van der Waals surface area contributed by atoms with Gasteiger partial charge in [0.2, 0.25) is 5.91 Å². The van der Waals surface area contributed by atoms with Crippen molar-refractivity contribution in [3.05, 3.63) is 29.3 Å². The first-order valence-corrected chi connectivity index (χ1v) is 12.8. The van der Waals surface area contributed by atoms with E-state index >= 15 is 0 Å². The lowest BCUT2D eigenvalue weighted by molar-refractivity contribution is -0.184. The SMILES string of the molecule is COc1ccc2c(c1)[C@]13CCN(CC4CC4)[C@H](C2)[C@]1(O)C[C@H]1CC(=O)N(CC(C)C)[C@H]1C3. The fourth-order valence-electron chi connectivity index (χ4n) is 7.87. The van der Waals surface area contributed by atoms with Crippen molar-refractivity contribution in [1.29, 1.82) is 0 Å². The predicted octanol–water partition coefficient (Wildman–Crippen LogP) is 3.37. The number of benzene rings is 1. The van der Waals surface area contributed by atoms with Gasteiger partial charge in [0, 0.05) is 37.0 Å². The number of aliphatic hydroxyl groups is 1. The molecule has 1 aromatic carbocycles. The number of nitrogens with zero attached hydrogens (tertiary/aromatic N) is 2. The van der Waals surface area contributed by atoms with E-state index in [1.54, 1.807) is 7.11 Å². The van der Waals surface area contributed by atoms with E-state index in [0.29, 0.717) is 18.2 Å². The molecule has 1 N–H and O–H groups in total. The molecule has 0 radical (unpaired) electrons. The number of methoxy groups -OCH3 is 1. The molecule has 0 unspecified atom stereocenters. The third-order valence-corrected chi connectivity index (χ3v) is 9.48. The number of piperidine rings is 1. The summed E-state index contributed by atoms with van der Waals surface area (Å²) in [6.45, 7) is 7.41. The van der Waals surface area contributed by atoms with E-state index in [2.05, 4.69) is 41.8 Å². The van der Waals surface area contributed by atoms with Gasteiger partial charge in [-0.3, -0.25) is 9.69 Å². The molecule has 2 bridgehead atoms. The van der Waals surface area contributed by atoms with Crippen molar-refractivity contribution in [3.8, 4) is 5.75 Å². The second-order valence-electron chi connectivity index (χ2n) is 11.8. The summed E-state index contributed by atoms with van der Waals surface area (Å²) in [5, 5.41) is 12.7. The summed E-state index contributed by atoms with van der Waals surface area (Å²) in [4.78, 5) is 17.8. The minimum absolute atomic E-state index is 0.160. The summed E-state index contributed by atoms with van der Waals surface area (Å²) in [6.07, 6.45) is 6.80. The van der Waals surface area contributed by atoms with E-state index in [0.717, 1.165) is 57.0 Å². The van der Waals surface area contributed by atoms with Gasteiger partial charge >= 0.3 is 0 Å². The number of likely N-dealkylation sites (tertiary alicyclic amines) is 2. The van der Waals surface area contributed by atoms with Gasteiger partial charge in [0.15, 0.2) is 0 Å². The van der Waals surface area contributed by atoms with Crippen LogP contribution in [0.2, 0.25) is 0 Å². The standard InChI is InChI=1S/C27H38N2O3/c1-17(2)15-29-23-14-26-8-9-28(16-18-4-5-18)24(27(26,31)13-20(23)11-25(29)30)10-19-6-7-21(32-3)12-22(19)26/h6-7,12,17-18,20,23-24,31H,4-5,8-11,13-16H2,1-3H3/t20-,23+,24-,26-,27-/m1/s1. The van der Waals surface area contributed by atoms with Crippen LogP contribution in [0.1, 0.15) is 63.5 Å². The fraction of sp³-hybridized carbons (Fsp3) is 0.741. The van der Waals surface area contributed by atoms with Crippen molar-refractivity contribution >= 4 is 5.91 Å². The molecule has 2 saturated carbocycles. The number of carbonyl (C=O) groups is 1. The van der Waals surface area contributed by atoms with Crippen LogP contribution in [0.5, 0.6) is 5.75 Å². The van der Waals surface area contributed by atoms with Crippen molar-refractivity contribution in [1.82, 2.24) is 9.80 Å². The lowest BCUT2D eigenvalue weighted by Gasteiger charge is -2.66. The van der Waals surface area contributed by atoms with Crippen LogP contribution < -0.4 is 4.74 Å². The molecule has 5 aliphatic rings. The summed E-state index contributed by atoms with van der Waals surface area (Å²) in [5.74, 6) is 2.72. The topological polar surface area (TPSA) is 53.0 Å². The molecule has 1 amide bonds. The van der Waals surface area contributed by atoms with Crippen molar-refractivity contribution in [2.24, 2.45) is 17.8 Å². The third-order valence-electron chi connectivity index (χ3n) is 9.48. The molecule has 2 saturated heterocycles. The minimum Gasteiger partial charge on any atom is -0.497 e. The average Bonchev–Trinajstić information content (AvgIpc) is 3.52. The van der Waals surface area contributed by atoms with Crippen LogP contribution in [-0.4, -0.2) is 65.2 Å². The van der Waals surface area contributed by atoms with Crippen LogP contribution in [0.3, 0.4) is 0 Å². The Hall–Kier alpha value is -1.59. The van der Waals surface area contributed by atoms with Gasteiger partial charge in [0.25, 0.3) is 0 Å². The predicted molar refractivity (Wildman–Crippen MR) is 124 cm³/mol. The summed E-state index contributed by atoms with van der Waals surface area (Å²) in [5.41, 5.74) is 1.61. The lowest BCUT2D eigenvalue weighted by atomic mass is 9.47. The van der Waals surface area contributed by atoms with Gasteiger partial charge in [-0.1, -0.05) is 19.9 Å². The monoisotopic (exact) mass is 438 g/mol. The molecule has 32 heavy (non-hydrogen) atoms. The van der Waals surface area contributed by atoms with Crippen molar-refractivity contribution in [3.63, 3.8) is 0 Å². The van der Waals surface area contributed by atoms with Gasteiger partial charge in [0.1, 0.15) is 5.75 Å². The highest BCUT2D eigenvalue weighted by Crippen LogP contribution is 2.61. The van der Waals surface area contributed by atoms with E-state index in [1.807, 2.05) is 0 Å². The first-order chi connectivity index (χ1) is 15.3. The van der Waals surface area contributed by atoms with E-state index in [-0.39, 0.29) is 23.4 Å². The molecule has 3 aliphatic carbocycles. The van der Waals surface area contributed by atoms with Crippen LogP contribution in [0.25, 0.3) is 0 Å². The highest BCUT2D eigenvalue weighted by Gasteiger charge is 2.68. The number of carbonyl (C=O) groups excluding carboxylic acids is 1. The number of hydrogen-bond donors (Lipinski definition) is 1. The Morgan fingerprint density at radius 1 is 1.22 bits per heavy atom. The Morgan fingerprint density at radius 2 is 2.03 bits per heavy atom. The Balaban J connectivity index is 1.45. The Labute approximate surface area is 192 Å². The lowest BCUT2D eigenvalue weighted by Crippen LogP contribution is -2.75. The number of ether oxygens (including phenoxy) is 1. The molecule has 5 nitrogen and oxygen atoms in total. The van der Waals surface area contributed by atoms with Crippen LogP contribution in [0.15, 0.2) is 18.2 Å². The molecule has 174 valence electrons. The number of fused-ring (bicyclic) bond motifs is 2. The van der Waals surface area contributed by atoms with Crippen molar-refractivity contribution < 1.29 is 14.6 Å². The molecule has 2 aliphatic heterocycles. The maximum Gasteiger partial charge on any atom is 0.223 e. The molecule has 5 heteroatoms. The Bertz CT molecular complexity index is 927. The molecule has 1 aromatic rings. The smallest absolute Gasteiger partial charge is 0.223 e. The molecule has 5 atom stereocenters. The van der Waals surface area contributed by atoms with Crippen molar-refractivity contribution in [2.45, 2.75) is 81.9 Å². The molecule has 0 spiro atoms. The number of rotatable bonds is 5. The highest BCUT2D eigenvalue weighted by molar-refractivity contribution is 5.79. The van der Waals surface area contributed by atoms with Crippen LogP contribution >= 0.6 is 0 Å². The van der Waals surface area contributed by atoms with E-state index in [9.17, 15) is 9.90 Å². The van der Waals surface area contributed by atoms with E-state index in [1.165, 1.54) is 24.0 Å². The zero-order valence-corrected chi connectivity index (χ0v) is 19.8. The normalized spacial score (nSPS) is 38.5. The zero-order chi connectivity index (χ0) is 22.3. The molecular weight excluding hydrogens is 400 g/mol. The van der Waals surface area contributed by atoms with Crippen molar-refractivity contribution in [2.75, 3.05) is 26.7 Å². The molecule has 4 fully saturated rings. The second kappa shape index (κ2) is 7.20. The van der Waals surface area contributed by atoms with Crippen LogP contribution in [0, 0.1) is 17.8 Å². The fourth-order valence-corrected chi connectivity index (χ4v) is 7.87. The van der Waals surface area contributed by atoms with Crippen LogP contribution in [0.4, 0.5) is 0 Å². The highest BCUT2D eigenvalue weighted by atomic mass is 16.5. The Morgan fingerprint density at radius 3 is 2.75 bits per heavy atom. The average molecular weight is 439 g/mol. The van der Waals surface area contributed by atoms with Crippen LogP contribution in [-0.2, 0) is 16.6 Å². The summed E-state index contributed by atoms with van der Waals surface area (Å²) in [7, 11) is 1.73. The first-order valence-electron chi connectivity index (χ1n) is 12.8. The Kier molecular flexibility index (Phi) is 4.72. The molecular formula is C27H38N2O3. The van der Waals surface area contributed by atoms with Gasteiger partial charge in [-0.15, -0.1) is 0 Å². The largest absolute Gasteiger partial charge is 0.497 e. The second-order valence-corrected chi connectivity index (χ2v) is 11.8. The minimum atomic E-state index is -0.769.